The molecule has 2 aromatic carbocycles. The summed E-state index contributed by atoms with van der Waals surface area (Å²) in [6.45, 7) is 3.57. The highest BCUT2D eigenvalue weighted by Gasteiger charge is 2.27. The number of rotatable bonds is 6. The van der Waals surface area contributed by atoms with Crippen LogP contribution in [0.1, 0.15) is 33.3 Å². The molecule has 3 aromatic rings. The number of hydrogen-bond acceptors (Lipinski definition) is 5. The summed E-state index contributed by atoms with van der Waals surface area (Å²) in [6, 6.07) is 15.8. The lowest BCUT2D eigenvalue weighted by Gasteiger charge is -2.19. The van der Waals surface area contributed by atoms with Gasteiger partial charge in [0.05, 0.1) is 19.1 Å². The van der Waals surface area contributed by atoms with E-state index in [1.165, 1.54) is 19.4 Å². The van der Waals surface area contributed by atoms with Crippen LogP contribution >= 0.6 is 0 Å². The predicted molar refractivity (Wildman–Crippen MR) is 104 cm³/mol. The van der Waals surface area contributed by atoms with Gasteiger partial charge in [0.25, 0.3) is 5.91 Å². The Kier molecular flexibility index (Phi) is 5.79. The molecule has 0 aliphatic heterocycles. The number of furan rings is 1. The molecule has 144 valence electrons. The van der Waals surface area contributed by atoms with Gasteiger partial charge < -0.3 is 19.2 Å². The summed E-state index contributed by atoms with van der Waals surface area (Å²) in [7, 11) is 1.52. The van der Waals surface area contributed by atoms with Crippen molar-refractivity contribution in [2.75, 3.05) is 12.4 Å². The largest absolute Gasteiger partial charge is 0.495 e. The van der Waals surface area contributed by atoms with Crippen LogP contribution in [0.15, 0.2) is 65.3 Å². The third kappa shape index (κ3) is 4.23. The lowest BCUT2D eigenvalue weighted by molar-refractivity contribution is -0.125. The number of aryl methyl sites for hydroxylation is 2. The Hall–Kier alpha value is -3.54. The molecule has 0 saturated heterocycles. The van der Waals surface area contributed by atoms with Gasteiger partial charge in [-0.05, 0) is 37.6 Å². The highest BCUT2D eigenvalue weighted by molar-refractivity contribution is 5.99. The molecular weight excluding hydrogens is 358 g/mol. The van der Waals surface area contributed by atoms with Gasteiger partial charge in [-0.1, -0.05) is 36.4 Å². The van der Waals surface area contributed by atoms with Crippen LogP contribution in [-0.2, 0) is 9.53 Å². The minimum absolute atomic E-state index is 0.280. The molecule has 0 fully saturated rings. The van der Waals surface area contributed by atoms with Crippen molar-refractivity contribution in [3.63, 3.8) is 0 Å². The van der Waals surface area contributed by atoms with Crippen LogP contribution in [0, 0.1) is 13.8 Å². The van der Waals surface area contributed by atoms with E-state index in [0.717, 1.165) is 5.56 Å². The minimum Gasteiger partial charge on any atom is -0.495 e. The second-order valence-electron chi connectivity index (χ2n) is 6.28. The molecule has 28 heavy (non-hydrogen) atoms. The molecular formula is C22H21NO5. The highest BCUT2D eigenvalue weighted by atomic mass is 16.5. The van der Waals surface area contributed by atoms with Crippen LogP contribution in [-0.4, -0.2) is 19.0 Å². The Morgan fingerprint density at radius 3 is 2.43 bits per heavy atom. The number of ether oxygens (including phenoxy) is 2. The molecule has 1 heterocycles. The van der Waals surface area contributed by atoms with E-state index in [1.807, 2.05) is 19.1 Å². The van der Waals surface area contributed by atoms with Crippen LogP contribution in [0.5, 0.6) is 5.75 Å². The van der Waals surface area contributed by atoms with Crippen molar-refractivity contribution in [3.05, 3.63) is 83.3 Å². The van der Waals surface area contributed by atoms with Crippen molar-refractivity contribution in [2.24, 2.45) is 0 Å². The van der Waals surface area contributed by atoms with Gasteiger partial charge in [-0.2, -0.15) is 0 Å². The van der Waals surface area contributed by atoms with Gasteiger partial charge in [0, 0.05) is 5.56 Å². The van der Waals surface area contributed by atoms with Crippen LogP contribution in [0.25, 0.3) is 0 Å². The molecule has 0 aliphatic carbocycles. The zero-order valence-electron chi connectivity index (χ0n) is 15.9. The number of carbonyl (C=O) groups excluding carboxylic acids is 2. The number of hydrogen-bond donors (Lipinski definition) is 1. The lowest BCUT2D eigenvalue weighted by atomic mass is 10.1. The molecule has 0 bridgehead atoms. The molecule has 0 saturated carbocycles. The number of benzene rings is 2. The van der Waals surface area contributed by atoms with Crippen LogP contribution in [0.2, 0.25) is 0 Å². The monoisotopic (exact) mass is 379 g/mol. The third-order valence-electron chi connectivity index (χ3n) is 4.26. The zero-order chi connectivity index (χ0) is 20.1. The van der Waals surface area contributed by atoms with E-state index in [-0.39, 0.29) is 5.56 Å². The second-order valence-corrected chi connectivity index (χ2v) is 6.28. The molecule has 0 aliphatic rings. The third-order valence-corrected chi connectivity index (χ3v) is 4.26. The summed E-state index contributed by atoms with van der Waals surface area (Å²) < 4.78 is 16.0. The average molecular weight is 379 g/mol. The summed E-state index contributed by atoms with van der Waals surface area (Å²) in [4.78, 5) is 25.6. The van der Waals surface area contributed by atoms with E-state index in [4.69, 9.17) is 13.9 Å². The maximum atomic E-state index is 13.0. The van der Waals surface area contributed by atoms with Crippen molar-refractivity contribution in [1.29, 1.82) is 0 Å². The molecule has 1 atom stereocenters. The fourth-order valence-corrected chi connectivity index (χ4v) is 2.79. The highest BCUT2D eigenvalue weighted by Crippen LogP contribution is 2.28. The average Bonchev–Trinajstić information content (AvgIpc) is 3.13. The second kappa shape index (κ2) is 8.43. The van der Waals surface area contributed by atoms with E-state index in [9.17, 15) is 9.59 Å². The Balaban J connectivity index is 1.89. The SMILES string of the molecule is COc1ccc(C)cc1NC(=O)[C@@H](OC(=O)c1ccoc1C)c1ccccc1. The first-order chi connectivity index (χ1) is 13.5. The Bertz CT molecular complexity index is 978. The van der Waals surface area contributed by atoms with Gasteiger partial charge >= 0.3 is 5.97 Å². The van der Waals surface area contributed by atoms with Gasteiger partial charge in [-0.25, -0.2) is 4.79 Å². The number of anilines is 1. The molecule has 6 nitrogen and oxygen atoms in total. The molecule has 0 radical (unpaired) electrons. The Morgan fingerprint density at radius 2 is 1.79 bits per heavy atom. The maximum Gasteiger partial charge on any atom is 0.342 e. The predicted octanol–water partition coefficient (Wildman–Crippen LogP) is 4.44. The molecule has 6 heteroatoms. The maximum absolute atomic E-state index is 13.0. The number of carbonyl (C=O) groups is 2. The number of methoxy groups -OCH3 is 1. The Labute approximate surface area is 163 Å². The van der Waals surface area contributed by atoms with Gasteiger partial charge in [0.15, 0.2) is 0 Å². The normalized spacial score (nSPS) is 11.5. The van der Waals surface area contributed by atoms with E-state index in [1.54, 1.807) is 43.3 Å². The molecule has 1 amide bonds. The number of amides is 1. The van der Waals surface area contributed by atoms with Gasteiger partial charge in [0.1, 0.15) is 17.1 Å². The molecule has 0 unspecified atom stereocenters. The van der Waals surface area contributed by atoms with Crippen LogP contribution < -0.4 is 10.1 Å². The Morgan fingerprint density at radius 1 is 1.04 bits per heavy atom. The van der Waals surface area contributed by atoms with E-state index in [2.05, 4.69) is 5.32 Å². The molecule has 1 aromatic heterocycles. The van der Waals surface area contributed by atoms with Gasteiger partial charge in [-0.15, -0.1) is 0 Å². The van der Waals surface area contributed by atoms with Crippen molar-refractivity contribution in [2.45, 2.75) is 20.0 Å². The fraction of sp³-hybridized carbons (Fsp3) is 0.182. The molecule has 3 rings (SSSR count). The fourth-order valence-electron chi connectivity index (χ4n) is 2.79. The number of esters is 1. The zero-order valence-corrected chi connectivity index (χ0v) is 15.9. The van der Waals surface area contributed by atoms with Gasteiger partial charge in [-0.3, -0.25) is 4.79 Å². The summed E-state index contributed by atoms with van der Waals surface area (Å²) >= 11 is 0. The van der Waals surface area contributed by atoms with E-state index < -0.39 is 18.0 Å². The first-order valence-corrected chi connectivity index (χ1v) is 8.75. The van der Waals surface area contributed by atoms with Crippen molar-refractivity contribution in [1.82, 2.24) is 0 Å². The summed E-state index contributed by atoms with van der Waals surface area (Å²) in [5.41, 5.74) is 2.30. The van der Waals surface area contributed by atoms with Gasteiger partial charge in [0.2, 0.25) is 6.10 Å². The first-order valence-electron chi connectivity index (χ1n) is 8.75. The van der Waals surface area contributed by atoms with Crippen molar-refractivity contribution >= 4 is 17.6 Å². The lowest BCUT2D eigenvalue weighted by Crippen LogP contribution is -2.26. The van der Waals surface area contributed by atoms with Crippen LogP contribution in [0.3, 0.4) is 0 Å². The van der Waals surface area contributed by atoms with Crippen molar-refractivity contribution in [3.8, 4) is 5.75 Å². The quantitative estimate of drug-likeness (QED) is 0.641. The summed E-state index contributed by atoms with van der Waals surface area (Å²) in [6.07, 6.45) is 0.273. The topological polar surface area (TPSA) is 77.8 Å². The standard InChI is InChI=1S/C22H21NO5/c1-14-9-10-19(26-3)18(13-14)23-21(24)20(16-7-5-4-6-8-16)28-22(25)17-11-12-27-15(17)2/h4-13,20H,1-3H3,(H,23,24)/t20-/m0/s1. The molecule has 1 N–H and O–H groups in total. The number of nitrogens with one attached hydrogen (secondary N) is 1. The summed E-state index contributed by atoms with van der Waals surface area (Å²) in [5, 5.41) is 2.80. The van der Waals surface area contributed by atoms with Crippen molar-refractivity contribution < 1.29 is 23.5 Å². The summed E-state index contributed by atoms with van der Waals surface area (Å²) in [5.74, 6) is -0.170. The smallest absolute Gasteiger partial charge is 0.342 e. The van der Waals surface area contributed by atoms with Crippen LogP contribution in [0.4, 0.5) is 5.69 Å². The minimum atomic E-state index is -1.13. The van der Waals surface area contributed by atoms with E-state index >= 15 is 0 Å². The first kappa shape index (κ1) is 19.2. The molecule has 0 spiro atoms. The van der Waals surface area contributed by atoms with E-state index in [0.29, 0.717) is 22.8 Å².